The maximum absolute atomic E-state index is 12.0. The Balaban J connectivity index is 1.99. The van der Waals surface area contributed by atoms with E-state index in [1.165, 1.54) is 4.90 Å². The van der Waals surface area contributed by atoms with E-state index < -0.39 is 18.9 Å². The van der Waals surface area contributed by atoms with Crippen LogP contribution >= 0.6 is 0 Å². The monoisotopic (exact) mass is 346 g/mol. The zero-order valence-corrected chi connectivity index (χ0v) is 14.1. The molecule has 0 aromatic carbocycles. The van der Waals surface area contributed by atoms with Crippen molar-refractivity contribution in [3.8, 4) is 0 Å². The minimum atomic E-state index is -1.19. The van der Waals surface area contributed by atoms with Crippen LogP contribution in [0.5, 0.6) is 0 Å². The molecule has 3 unspecified atom stereocenters. The van der Waals surface area contributed by atoms with Gasteiger partial charge in [0.1, 0.15) is 13.3 Å². The van der Waals surface area contributed by atoms with Gasteiger partial charge in [0.2, 0.25) is 11.8 Å². The van der Waals surface area contributed by atoms with Crippen molar-refractivity contribution in [2.75, 3.05) is 19.8 Å². The van der Waals surface area contributed by atoms with Crippen LogP contribution in [0.4, 0.5) is 4.39 Å². The summed E-state index contributed by atoms with van der Waals surface area (Å²) >= 11 is 0. The standard InChI is InChI=1S/C16H27FN2O5/c1-12-8-15(22)19(16(12)23)6-4-2-3-5-7-24-18-11-14(21)9-13(20)10-17/h11-14,20-21H,2-10H2,1H3/b18-11+. The molecule has 1 fully saturated rings. The van der Waals surface area contributed by atoms with Crippen molar-refractivity contribution in [3.05, 3.63) is 0 Å². The SMILES string of the molecule is CC1CC(=O)N(CCCCCCO/N=C/C(O)CC(O)CF)C1=O. The van der Waals surface area contributed by atoms with E-state index in [9.17, 15) is 19.1 Å². The average molecular weight is 346 g/mol. The minimum Gasteiger partial charge on any atom is -0.396 e. The number of aliphatic hydroxyl groups excluding tert-OH is 2. The molecular formula is C16H27FN2O5. The van der Waals surface area contributed by atoms with E-state index in [0.29, 0.717) is 19.6 Å². The summed E-state index contributed by atoms with van der Waals surface area (Å²) in [5.74, 6) is -0.346. The summed E-state index contributed by atoms with van der Waals surface area (Å²) < 4.78 is 12.0. The lowest BCUT2D eigenvalue weighted by molar-refractivity contribution is -0.139. The molecule has 0 radical (unpaired) electrons. The van der Waals surface area contributed by atoms with Crippen LogP contribution in [-0.4, -0.2) is 65.2 Å². The summed E-state index contributed by atoms with van der Waals surface area (Å²) in [6.07, 6.45) is 2.40. The molecule has 0 spiro atoms. The molecule has 7 nitrogen and oxygen atoms in total. The van der Waals surface area contributed by atoms with E-state index in [1.54, 1.807) is 6.92 Å². The Bertz CT molecular complexity index is 433. The number of aliphatic hydroxyl groups is 2. The highest BCUT2D eigenvalue weighted by Gasteiger charge is 2.34. The van der Waals surface area contributed by atoms with Crippen LogP contribution in [0.25, 0.3) is 0 Å². The molecule has 8 heteroatoms. The van der Waals surface area contributed by atoms with E-state index in [0.717, 1.165) is 31.9 Å². The molecule has 2 N–H and O–H groups in total. The van der Waals surface area contributed by atoms with Gasteiger partial charge in [-0.15, -0.1) is 0 Å². The Morgan fingerprint density at radius 3 is 2.67 bits per heavy atom. The van der Waals surface area contributed by atoms with Gasteiger partial charge in [-0.1, -0.05) is 18.5 Å². The van der Waals surface area contributed by atoms with E-state index in [1.807, 2.05) is 0 Å². The highest BCUT2D eigenvalue weighted by molar-refractivity contribution is 6.03. The molecule has 0 aromatic rings. The number of carbonyl (C=O) groups is 2. The molecule has 1 rings (SSSR count). The lowest BCUT2D eigenvalue weighted by Gasteiger charge is -2.13. The summed E-state index contributed by atoms with van der Waals surface area (Å²) in [4.78, 5) is 29.6. The van der Waals surface area contributed by atoms with Crippen LogP contribution in [-0.2, 0) is 14.4 Å². The first kappa shape index (κ1) is 20.5. The van der Waals surface area contributed by atoms with Crippen LogP contribution in [0.2, 0.25) is 0 Å². The number of imide groups is 1. The lowest BCUT2D eigenvalue weighted by Crippen LogP contribution is -2.31. The van der Waals surface area contributed by atoms with Crippen LogP contribution in [0.15, 0.2) is 5.16 Å². The van der Waals surface area contributed by atoms with Gasteiger partial charge in [0, 0.05) is 25.3 Å². The Hall–Kier alpha value is -1.54. The molecule has 0 bridgehead atoms. The molecule has 24 heavy (non-hydrogen) atoms. The molecule has 0 aliphatic carbocycles. The number of alkyl halides is 1. The number of rotatable bonds is 12. The van der Waals surface area contributed by atoms with Crippen molar-refractivity contribution in [3.63, 3.8) is 0 Å². The fourth-order valence-corrected chi connectivity index (χ4v) is 2.44. The molecule has 0 aromatic heterocycles. The number of halogens is 1. The van der Waals surface area contributed by atoms with Gasteiger partial charge < -0.3 is 15.1 Å². The molecule has 1 saturated heterocycles. The maximum Gasteiger partial charge on any atom is 0.232 e. The molecule has 0 saturated carbocycles. The van der Waals surface area contributed by atoms with Crippen LogP contribution in [0.1, 0.15) is 45.4 Å². The molecule has 1 heterocycles. The zero-order valence-electron chi connectivity index (χ0n) is 14.1. The van der Waals surface area contributed by atoms with Crippen molar-refractivity contribution in [1.82, 2.24) is 4.90 Å². The quantitative estimate of drug-likeness (QED) is 0.238. The molecule has 1 aliphatic rings. The fourth-order valence-electron chi connectivity index (χ4n) is 2.44. The number of amides is 2. The highest BCUT2D eigenvalue weighted by Crippen LogP contribution is 2.19. The third-order valence-electron chi connectivity index (χ3n) is 3.84. The largest absolute Gasteiger partial charge is 0.396 e. The predicted molar refractivity (Wildman–Crippen MR) is 86.0 cm³/mol. The summed E-state index contributed by atoms with van der Waals surface area (Å²) in [6.45, 7) is 1.73. The zero-order chi connectivity index (χ0) is 17.9. The van der Waals surface area contributed by atoms with Crippen LogP contribution < -0.4 is 0 Å². The second-order valence-corrected chi connectivity index (χ2v) is 6.10. The van der Waals surface area contributed by atoms with E-state index >= 15 is 0 Å². The average Bonchev–Trinajstić information content (AvgIpc) is 2.78. The Morgan fingerprint density at radius 1 is 1.33 bits per heavy atom. The van der Waals surface area contributed by atoms with Crippen molar-refractivity contribution in [1.29, 1.82) is 0 Å². The van der Waals surface area contributed by atoms with Gasteiger partial charge in [-0.25, -0.2) is 4.39 Å². The lowest BCUT2D eigenvalue weighted by atomic mass is 10.1. The molecule has 3 atom stereocenters. The van der Waals surface area contributed by atoms with E-state index in [4.69, 9.17) is 9.94 Å². The summed E-state index contributed by atoms with van der Waals surface area (Å²) in [6, 6.07) is 0. The smallest absolute Gasteiger partial charge is 0.232 e. The Morgan fingerprint density at radius 2 is 2.04 bits per heavy atom. The summed E-state index contributed by atoms with van der Waals surface area (Å²) in [7, 11) is 0. The van der Waals surface area contributed by atoms with Gasteiger partial charge in [-0.2, -0.15) is 0 Å². The number of oxime groups is 1. The number of carbonyl (C=O) groups excluding carboxylic acids is 2. The Labute approximate surface area is 141 Å². The number of nitrogens with zero attached hydrogens (tertiary/aromatic N) is 2. The van der Waals surface area contributed by atoms with Crippen LogP contribution in [0.3, 0.4) is 0 Å². The molecular weight excluding hydrogens is 319 g/mol. The maximum atomic E-state index is 12.0. The third kappa shape index (κ3) is 7.35. The normalized spacial score (nSPS) is 20.8. The predicted octanol–water partition coefficient (Wildman–Crippen LogP) is 1.03. The van der Waals surface area contributed by atoms with Crippen molar-refractivity contribution in [2.24, 2.45) is 11.1 Å². The molecule has 1 aliphatic heterocycles. The third-order valence-corrected chi connectivity index (χ3v) is 3.84. The molecule has 138 valence electrons. The number of unbranched alkanes of at least 4 members (excludes halogenated alkanes) is 3. The number of hydrogen-bond donors (Lipinski definition) is 2. The van der Waals surface area contributed by atoms with Gasteiger partial charge in [0.25, 0.3) is 0 Å². The minimum absolute atomic E-state index is 0.0749. The van der Waals surface area contributed by atoms with E-state index in [-0.39, 0.29) is 24.2 Å². The van der Waals surface area contributed by atoms with E-state index in [2.05, 4.69) is 5.16 Å². The van der Waals surface area contributed by atoms with Gasteiger partial charge >= 0.3 is 0 Å². The van der Waals surface area contributed by atoms with Gasteiger partial charge in [0.15, 0.2) is 0 Å². The first-order valence-corrected chi connectivity index (χ1v) is 8.37. The van der Waals surface area contributed by atoms with Gasteiger partial charge in [-0.3, -0.25) is 14.5 Å². The van der Waals surface area contributed by atoms with Gasteiger partial charge in [-0.05, 0) is 19.3 Å². The van der Waals surface area contributed by atoms with Crippen molar-refractivity contribution < 1.29 is 29.0 Å². The van der Waals surface area contributed by atoms with Gasteiger partial charge in [0.05, 0.1) is 18.4 Å². The number of likely N-dealkylation sites (tertiary alicyclic amines) is 1. The second-order valence-electron chi connectivity index (χ2n) is 6.10. The summed E-state index contributed by atoms with van der Waals surface area (Å²) in [5.41, 5.74) is 0. The molecule has 2 amide bonds. The first-order valence-electron chi connectivity index (χ1n) is 8.37. The first-order chi connectivity index (χ1) is 11.5. The van der Waals surface area contributed by atoms with Crippen molar-refractivity contribution >= 4 is 18.0 Å². The highest BCUT2D eigenvalue weighted by atomic mass is 19.1. The second kappa shape index (κ2) is 11.1. The fraction of sp³-hybridized carbons (Fsp3) is 0.812. The van der Waals surface area contributed by atoms with Crippen LogP contribution in [0, 0.1) is 5.92 Å². The van der Waals surface area contributed by atoms with Crippen molar-refractivity contribution in [2.45, 2.75) is 57.7 Å². The Kier molecular flexibility index (Phi) is 9.48. The topological polar surface area (TPSA) is 99.4 Å². The summed E-state index contributed by atoms with van der Waals surface area (Å²) in [5, 5.41) is 21.9. The number of hydrogen-bond acceptors (Lipinski definition) is 6.